The van der Waals surface area contributed by atoms with E-state index in [-0.39, 0.29) is 5.97 Å². The fourth-order valence-corrected chi connectivity index (χ4v) is 2.33. The number of carbonyl (C=O) groups is 1. The lowest BCUT2D eigenvalue weighted by Crippen LogP contribution is -2.27. The highest BCUT2D eigenvalue weighted by molar-refractivity contribution is 9.18. The van der Waals surface area contributed by atoms with E-state index in [0.717, 1.165) is 0 Å². The normalized spacial score (nSPS) is 18.7. The fourth-order valence-electron chi connectivity index (χ4n) is 1.59. The number of pyridine rings is 1. The molecule has 1 unspecified atom stereocenters. The highest BCUT2D eigenvalue weighted by Crippen LogP contribution is 2.28. The van der Waals surface area contributed by atoms with Crippen molar-refractivity contribution < 1.29 is 9.53 Å². The van der Waals surface area contributed by atoms with E-state index in [4.69, 9.17) is 16.3 Å². The van der Waals surface area contributed by atoms with Crippen LogP contribution < -0.4 is 5.01 Å². The van der Waals surface area contributed by atoms with Gasteiger partial charge < -0.3 is 4.74 Å². The molecule has 1 aliphatic rings. The molecule has 0 spiro atoms. The van der Waals surface area contributed by atoms with Gasteiger partial charge in [-0.3, -0.25) is 4.79 Å². The fraction of sp³-hybridized carbons (Fsp3) is 0.364. The number of anilines is 1. The summed E-state index contributed by atoms with van der Waals surface area (Å²) in [5, 5.41) is 6.31. The van der Waals surface area contributed by atoms with Gasteiger partial charge in [0.1, 0.15) is 10.5 Å². The minimum absolute atomic E-state index is 0.303. The number of aromatic nitrogens is 1. The molecular formula is C11H11BrClN3O2. The van der Waals surface area contributed by atoms with Crippen molar-refractivity contribution in [2.45, 2.75) is 6.92 Å². The van der Waals surface area contributed by atoms with Crippen molar-refractivity contribution in [3.63, 3.8) is 0 Å². The maximum absolute atomic E-state index is 11.7. The predicted molar refractivity (Wildman–Crippen MR) is 73.1 cm³/mol. The minimum atomic E-state index is -0.428. The van der Waals surface area contributed by atoms with E-state index in [9.17, 15) is 4.79 Å². The molecule has 7 heteroatoms. The molecule has 18 heavy (non-hydrogen) atoms. The van der Waals surface area contributed by atoms with Gasteiger partial charge in [-0.05, 0) is 35.0 Å². The van der Waals surface area contributed by atoms with Gasteiger partial charge in [0, 0.05) is 6.20 Å². The number of hydrogen-bond acceptors (Lipinski definition) is 5. The Hall–Kier alpha value is -1.14. The first-order valence-corrected chi connectivity index (χ1v) is 6.59. The number of esters is 1. The van der Waals surface area contributed by atoms with Crippen LogP contribution in [-0.2, 0) is 9.53 Å². The molecule has 0 bridgehead atoms. The van der Waals surface area contributed by atoms with Crippen LogP contribution in [0.1, 0.15) is 6.92 Å². The third kappa shape index (κ3) is 2.64. The lowest BCUT2D eigenvalue weighted by Gasteiger charge is -2.15. The first-order chi connectivity index (χ1) is 8.63. The van der Waals surface area contributed by atoms with E-state index in [1.54, 1.807) is 30.3 Å². The van der Waals surface area contributed by atoms with Gasteiger partial charge in [0.05, 0.1) is 18.2 Å². The van der Waals surface area contributed by atoms with Crippen LogP contribution in [0, 0.1) is 5.92 Å². The number of hydrogen-bond donors (Lipinski definition) is 0. The van der Waals surface area contributed by atoms with Gasteiger partial charge in [-0.2, -0.15) is 5.10 Å². The summed E-state index contributed by atoms with van der Waals surface area (Å²) in [5.41, 5.74) is 0. The third-order valence-corrected chi connectivity index (χ3v) is 3.42. The number of halogens is 2. The Kier molecular flexibility index (Phi) is 4.19. The average Bonchev–Trinajstić information content (AvgIpc) is 2.72. The SMILES string of the molecule is CCOC(=O)C1CN(c2ncccc2Cl)N=C1Br. The highest BCUT2D eigenvalue weighted by Gasteiger charge is 2.34. The van der Waals surface area contributed by atoms with Crippen LogP contribution in [0.5, 0.6) is 0 Å². The molecule has 2 rings (SSSR count). The zero-order chi connectivity index (χ0) is 13.1. The molecule has 0 saturated carbocycles. The summed E-state index contributed by atoms with van der Waals surface area (Å²) in [7, 11) is 0. The van der Waals surface area contributed by atoms with Crippen LogP contribution in [0.3, 0.4) is 0 Å². The van der Waals surface area contributed by atoms with Gasteiger partial charge >= 0.3 is 5.97 Å². The second-order valence-electron chi connectivity index (χ2n) is 3.62. The quantitative estimate of drug-likeness (QED) is 0.798. The summed E-state index contributed by atoms with van der Waals surface area (Å²) in [6.07, 6.45) is 1.63. The van der Waals surface area contributed by atoms with Crippen molar-refractivity contribution in [2.75, 3.05) is 18.2 Å². The first kappa shape index (κ1) is 13.3. The smallest absolute Gasteiger partial charge is 0.317 e. The predicted octanol–water partition coefficient (Wildman–Crippen LogP) is 2.44. The van der Waals surface area contributed by atoms with E-state index in [1.807, 2.05) is 0 Å². The number of hydrazone groups is 1. The zero-order valence-corrected chi connectivity index (χ0v) is 12.0. The molecule has 2 heterocycles. The van der Waals surface area contributed by atoms with Gasteiger partial charge in [-0.25, -0.2) is 9.99 Å². The second-order valence-corrected chi connectivity index (χ2v) is 4.84. The van der Waals surface area contributed by atoms with Crippen molar-refractivity contribution in [3.8, 4) is 0 Å². The molecule has 0 saturated heterocycles. The molecule has 1 aromatic rings. The summed E-state index contributed by atoms with van der Waals surface area (Å²) in [6, 6.07) is 3.47. The number of ether oxygens (including phenoxy) is 1. The molecule has 0 amide bonds. The molecule has 0 radical (unpaired) electrons. The van der Waals surface area contributed by atoms with Gasteiger partial charge in [0.15, 0.2) is 5.82 Å². The largest absolute Gasteiger partial charge is 0.465 e. The standard InChI is InChI=1S/C11H11BrClN3O2/c1-2-18-11(17)7-6-16(15-9(7)12)10-8(13)4-3-5-14-10/h3-5,7H,2,6H2,1H3. The van der Waals surface area contributed by atoms with E-state index < -0.39 is 5.92 Å². The topological polar surface area (TPSA) is 54.8 Å². The van der Waals surface area contributed by atoms with E-state index >= 15 is 0 Å². The average molecular weight is 333 g/mol. The molecule has 96 valence electrons. The first-order valence-electron chi connectivity index (χ1n) is 5.42. The molecule has 0 aliphatic carbocycles. The summed E-state index contributed by atoms with van der Waals surface area (Å²) < 4.78 is 5.51. The summed E-state index contributed by atoms with van der Waals surface area (Å²) >= 11 is 9.31. The third-order valence-electron chi connectivity index (χ3n) is 2.41. The highest BCUT2D eigenvalue weighted by atomic mass is 79.9. The Labute approximate surface area is 118 Å². The maximum atomic E-state index is 11.7. The van der Waals surface area contributed by atoms with Gasteiger partial charge in [0.25, 0.3) is 0 Å². The van der Waals surface area contributed by atoms with Crippen molar-refractivity contribution in [3.05, 3.63) is 23.4 Å². The summed E-state index contributed by atoms with van der Waals surface area (Å²) in [6.45, 7) is 2.49. The van der Waals surface area contributed by atoms with E-state index in [0.29, 0.717) is 28.6 Å². The monoisotopic (exact) mass is 331 g/mol. The number of carbonyl (C=O) groups excluding carboxylic acids is 1. The molecule has 0 aromatic carbocycles. The van der Waals surface area contributed by atoms with E-state index in [1.165, 1.54) is 0 Å². The molecule has 1 aliphatic heterocycles. The molecule has 0 N–H and O–H groups in total. The van der Waals surface area contributed by atoms with Crippen molar-refractivity contribution in [1.29, 1.82) is 0 Å². The van der Waals surface area contributed by atoms with Crippen LogP contribution in [-0.4, -0.2) is 28.7 Å². The van der Waals surface area contributed by atoms with Gasteiger partial charge in [-0.1, -0.05) is 11.6 Å². The molecule has 0 fully saturated rings. The molecular weight excluding hydrogens is 321 g/mol. The maximum Gasteiger partial charge on any atom is 0.317 e. The second kappa shape index (κ2) is 5.67. The molecule has 1 atom stereocenters. The Morgan fingerprint density at radius 3 is 3.17 bits per heavy atom. The van der Waals surface area contributed by atoms with Crippen molar-refractivity contribution >= 4 is 43.9 Å². The Balaban J connectivity index is 2.17. The van der Waals surface area contributed by atoms with Crippen LogP contribution >= 0.6 is 27.5 Å². The lowest BCUT2D eigenvalue weighted by atomic mass is 10.2. The summed E-state index contributed by atoms with van der Waals surface area (Å²) in [4.78, 5) is 15.9. The van der Waals surface area contributed by atoms with Crippen LogP contribution in [0.25, 0.3) is 0 Å². The van der Waals surface area contributed by atoms with Crippen LogP contribution in [0.4, 0.5) is 5.82 Å². The van der Waals surface area contributed by atoms with Crippen LogP contribution in [0.2, 0.25) is 5.02 Å². The summed E-state index contributed by atoms with van der Waals surface area (Å²) in [5.74, 6) is -0.200. The van der Waals surface area contributed by atoms with Crippen molar-refractivity contribution in [2.24, 2.45) is 11.0 Å². The Bertz CT molecular complexity index is 495. The molecule has 1 aromatic heterocycles. The lowest BCUT2D eigenvalue weighted by molar-refractivity contribution is -0.145. The Morgan fingerprint density at radius 1 is 1.72 bits per heavy atom. The number of nitrogens with zero attached hydrogens (tertiary/aromatic N) is 3. The van der Waals surface area contributed by atoms with E-state index in [2.05, 4.69) is 26.0 Å². The zero-order valence-electron chi connectivity index (χ0n) is 9.64. The molecule has 5 nitrogen and oxygen atoms in total. The number of rotatable bonds is 3. The van der Waals surface area contributed by atoms with Crippen molar-refractivity contribution in [1.82, 2.24) is 4.98 Å². The van der Waals surface area contributed by atoms with Crippen LogP contribution in [0.15, 0.2) is 23.4 Å². The van der Waals surface area contributed by atoms with Gasteiger partial charge in [0.2, 0.25) is 0 Å². The van der Waals surface area contributed by atoms with Gasteiger partial charge in [-0.15, -0.1) is 0 Å². The minimum Gasteiger partial charge on any atom is -0.465 e. The Morgan fingerprint density at radius 2 is 2.50 bits per heavy atom.